The molecule has 2 aromatic rings. The number of esters is 1. The summed E-state index contributed by atoms with van der Waals surface area (Å²) < 4.78 is 6.26. The molecule has 0 aliphatic rings. The zero-order valence-corrected chi connectivity index (χ0v) is 11.1. The molecular weight excluding hydrogens is 266 g/mol. The maximum Gasteiger partial charge on any atom is 0.326 e. The van der Waals surface area contributed by atoms with E-state index in [1.54, 1.807) is 0 Å². The summed E-state index contributed by atoms with van der Waals surface area (Å²) in [6.45, 7) is 1.83. The SMILES string of the molecule is Cc1nc(COC(=O)Cn2cc(N)ccc2=O)cs1. The molecule has 0 atom stereocenters. The molecule has 100 valence electrons. The van der Waals surface area contributed by atoms with Crippen molar-refractivity contribution in [3.63, 3.8) is 0 Å². The Balaban J connectivity index is 1.94. The van der Waals surface area contributed by atoms with Crippen molar-refractivity contribution < 1.29 is 9.53 Å². The van der Waals surface area contributed by atoms with Crippen molar-refractivity contribution in [1.82, 2.24) is 9.55 Å². The van der Waals surface area contributed by atoms with Gasteiger partial charge in [0.05, 0.1) is 10.7 Å². The largest absolute Gasteiger partial charge is 0.458 e. The molecule has 0 aliphatic heterocycles. The van der Waals surface area contributed by atoms with E-state index in [0.29, 0.717) is 11.4 Å². The normalized spacial score (nSPS) is 10.4. The van der Waals surface area contributed by atoms with Crippen LogP contribution in [0.15, 0.2) is 28.5 Å². The molecule has 19 heavy (non-hydrogen) atoms. The summed E-state index contributed by atoms with van der Waals surface area (Å²) >= 11 is 1.49. The van der Waals surface area contributed by atoms with Gasteiger partial charge in [0.1, 0.15) is 13.2 Å². The van der Waals surface area contributed by atoms with Crippen LogP contribution in [0.5, 0.6) is 0 Å². The number of rotatable bonds is 4. The van der Waals surface area contributed by atoms with Crippen LogP contribution in [0.1, 0.15) is 10.7 Å². The fraction of sp³-hybridized carbons (Fsp3) is 0.250. The van der Waals surface area contributed by atoms with Gasteiger partial charge in [0, 0.05) is 23.3 Å². The smallest absolute Gasteiger partial charge is 0.326 e. The Hall–Kier alpha value is -2.15. The number of hydrogen-bond donors (Lipinski definition) is 1. The molecule has 0 aromatic carbocycles. The summed E-state index contributed by atoms with van der Waals surface area (Å²) in [6.07, 6.45) is 1.41. The molecule has 2 rings (SSSR count). The molecule has 0 radical (unpaired) electrons. The molecule has 0 aliphatic carbocycles. The van der Waals surface area contributed by atoms with Gasteiger partial charge in [-0.15, -0.1) is 11.3 Å². The number of nitrogens with two attached hydrogens (primary N) is 1. The number of pyridine rings is 1. The van der Waals surface area contributed by atoms with E-state index in [0.717, 1.165) is 5.01 Å². The van der Waals surface area contributed by atoms with Gasteiger partial charge in [-0.3, -0.25) is 9.59 Å². The lowest BCUT2D eigenvalue weighted by molar-refractivity contribution is -0.145. The van der Waals surface area contributed by atoms with Crippen LogP contribution in [0, 0.1) is 6.92 Å². The van der Waals surface area contributed by atoms with Crippen molar-refractivity contribution in [2.45, 2.75) is 20.1 Å². The van der Waals surface area contributed by atoms with Crippen molar-refractivity contribution in [1.29, 1.82) is 0 Å². The molecule has 0 saturated heterocycles. The molecule has 0 spiro atoms. The van der Waals surface area contributed by atoms with Crippen LogP contribution >= 0.6 is 11.3 Å². The van der Waals surface area contributed by atoms with Crippen LogP contribution < -0.4 is 11.3 Å². The van der Waals surface area contributed by atoms with Crippen LogP contribution in [-0.4, -0.2) is 15.5 Å². The summed E-state index contributed by atoms with van der Waals surface area (Å²) in [5, 5.41) is 2.74. The Morgan fingerprint density at radius 2 is 2.32 bits per heavy atom. The zero-order valence-electron chi connectivity index (χ0n) is 10.3. The van der Waals surface area contributed by atoms with E-state index >= 15 is 0 Å². The first kappa shape index (κ1) is 13.3. The van der Waals surface area contributed by atoms with Gasteiger partial charge in [0.25, 0.3) is 5.56 Å². The van der Waals surface area contributed by atoms with Crippen molar-refractivity contribution in [3.8, 4) is 0 Å². The van der Waals surface area contributed by atoms with E-state index in [1.165, 1.54) is 34.2 Å². The van der Waals surface area contributed by atoms with E-state index in [2.05, 4.69) is 4.98 Å². The highest BCUT2D eigenvalue weighted by Crippen LogP contribution is 2.09. The number of hydrogen-bond acceptors (Lipinski definition) is 6. The highest BCUT2D eigenvalue weighted by atomic mass is 32.1. The predicted octanol–water partition coefficient (Wildman–Crippen LogP) is 0.939. The summed E-state index contributed by atoms with van der Waals surface area (Å²) in [6, 6.07) is 2.80. The highest BCUT2D eigenvalue weighted by molar-refractivity contribution is 7.09. The van der Waals surface area contributed by atoms with Gasteiger partial charge in [-0.1, -0.05) is 0 Å². The Labute approximate surface area is 113 Å². The molecule has 0 unspecified atom stereocenters. The number of aromatic nitrogens is 2. The van der Waals surface area contributed by atoms with E-state index in [-0.39, 0.29) is 18.7 Å². The first-order chi connectivity index (χ1) is 9.04. The van der Waals surface area contributed by atoms with Crippen molar-refractivity contribution in [3.05, 3.63) is 44.8 Å². The van der Waals surface area contributed by atoms with Gasteiger partial charge in [-0.25, -0.2) is 4.98 Å². The Kier molecular flexibility index (Phi) is 3.96. The molecule has 7 heteroatoms. The number of ether oxygens (including phenoxy) is 1. The maximum absolute atomic E-state index is 11.6. The van der Waals surface area contributed by atoms with Gasteiger partial charge >= 0.3 is 5.97 Å². The van der Waals surface area contributed by atoms with Crippen LogP contribution in [0.3, 0.4) is 0 Å². The molecule has 0 amide bonds. The molecule has 0 bridgehead atoms. The van der Waals surface area contributed by atoms with E-state index in [9.17, 15) is 9.59 Å². The van der Waals surface area contributed by atoms with Crippen LogP contribution in [0.25, 0.3) is 0 Å². The van der Waals surface area contributed by atoms with Gasteiger partial charge in [-0.2, -0.15) is 0 Å². The van der Waals surface area contributed by atoms with Crippen LogP contribution in [0.2, 0.25) is 0 Å². The van der Waals surface area contributed by atoms with Gasteiger partial charge in [0.2, 0.25) is 0 Å². The zero-order chi connectivity index (χ0) is 13.8. The lowest BCUT2D eigenvalue weighted by Crippen LogP contribution is -2.24. The third kappa shape index (κ3) is 3.65. The average molecular weight is 279 g/mol. The first-order valence-electron chi connectivity index (χ1n) is 5.57. The monoisotopic (exact) mass is 279 g/mol. The Bertz CT molecular complexity index is 648. The van der Waals surface area contributed by atoms with E-state index < -0.39 is 5.97 Å². The number of thiazole rings is 1. The second kappa shape index (κ2) is 5.66. The van der Waals surface area contributed by atoms with Crippen LogP contribution in [-0.2, 0) is 22.7 Å². The molecule has 0 saturated carbocycles. The number of nitrogen functional groups attached to an aromatic ring is 1. The summed E-state index contributed by atoms with van der Waals surface area (Å²) in [5.74, 6) is -0.502. The molecule has 2 N–H and O–H groups in total. The van der Waals surface area contributed by atoms with Crippen molar-refractivity contribution in [2.24, 2.45) is 0 Å². The van der Waals surface area contributed by atoms with Gasteiger partial charge in [-0.05, 0) is 13.0 Å². The maximum atomic E-state index is 11.6. The minimum Gasteiger partial charge on any atom is -0.458 e. The lowest BCUT2D eigenvalue weighted by atomic mass is 10.4. The fourth-order valence-electron chi connectivity index (χ4n) is 1.49. The van der Waals surface area contributed by atoms with Crippen LogP contribution in [0.4, 0.5) is 5.69 Å². The van der Waals surface area contributed by atoms with Gasteiger partial charge < -0.3 is 15.0 Å². The lowest BCUT2D eigenvalue weighted by Gasteiger charge is -2.06. The quantitative estimate of drug-likeness (QED) is 0.841. The molecule has 2 aromatic heterocycles. The number of anilines is 1. The molecule has 0 fully saturated rings. The summed E-state index contributed by atoms with van der Waals surface area (Å²) in [5.41, 5.74) is 6.38. The second-order valence-electron chi connectivity index (χ2n) is 3.95. The van der Waals surface area contributed by atoms with Gasteiger partial charge in [0.15, 0.2) is 0 Å². The second-order valence-corrected chi connectivity index (χ2v) is 5.01. The molecule has 6 nitrogen and oxygen atoms in total. The third-order valence-electron chi connectivity index (χ3n) is 2.35. The average Bonchev–Trinajstić information content (AvgIpc) is 2.77. The molecular formula is C12H13N3O3S. The number of carbonyl (C=O) groups is 1. The number of nitrogens with zero attached hydrogens (tertiary/aromatic N) is 2. The van der Waals surface area contributed by atoms with Crippen molar-refractivity contribution in [2.75, 3.05) is 5.73 Å². The van der Waals surface area contributed by atoms with E-state index in [4.69, 9.17) is 10.5 Å². The Morgan fingerprint density at radius 3 is 3.00 bits per heavy atom. The standard InChI is InChI=1S/C12H13N3O3S/c1-8-14-10(7-19-8)6-18-12(17)5-15-4-9(13)2-3-11(15)16/h2-4,7H,5-6,13H2,1H3. The third-order valence-corrected chi connectivity index (χ3v) is 3.18. The number of aryl methyl sites for hydroxylation is 1. The minimum atomic E-state index is -0.502. The highest BCUT2D eigenvalue weighted by Gasteiger charge is 2.07. The van der Waals surface area contributed by atoms with E-state index in [1.807, 2.05) is 12.3 Å². The summed E-state index contributed by atoms with van der Waals surface area (Å²) in [7, 11) is 0. The first-order valence-corrected chi connectivity index (χ1v) is 6.45. The summed E-state index contributed by atoms with van der Waals surface area (Å²) in [4.78, 5) is 27.3. The predicted molar refractivity (Wildman–Crippen MR) is 71.8 cm³/mol. The minimum absolute atomic E-state index is 0.111. The number of carbonyl (C=O) groups excluding carboxylic acids is 1. The van der Waals surface area contributed by atoms with Crippen molar-refractivity contribution >= 4 is 23.0 Å². The molecule has 2 heterocycles. The Morgan fingerprint density at radius 1 is 1.53 bits per heavy atom. The topological polar surface area (TPSA) is 87.2 Å². The fourth-order valence-corrected chi connectivity index (χ4v) is 2.08.